The molecule has 0 radical (unpaired) electrons. The van der Waals surface area contributed by atoms with E-state index in [1.165, 1.54) is 0 Å². The third kappa shape index (κ3) is 3.34. The molecule has 0 fully saturated rings. The van der Waals surface area contributed by atoms with E-state index in [1.807, 2.05) is 33.2 Å². The standard InChI is InChI=1S/C17H20ClN3O2/c1-11-9-21(15-8-14(18)5-6-16(15)23-11)17(22)7-4-13-10-20(3)19-12(13)2/h5-6,8,10-11H,4,7,9H2,1-3H3/t11-/m0/s1. The molecule has 0 saturated carbocycles. The van der Waals surface area contributed by atoms with Gasteiger partial charge in [0, 0.05) is 24.7 Å². The molecule has 2 aromatic rings. The molecule has 1 atom stereocenters. The normalized spacial score (nSPS) is 16.9. The highest BCUT2D eigenvalue weighted by molar-refractivity contribution is 6.31. The minimum absolute atomic E-state index is 0.0345. The zero-order chi connectivity index (χ0) is 16.6. The Bertz CT molecular complexity index is 741. The molecule has 1 aromatic carbocycles. The number of hydrogen-bond acceptors (Lipinski definition) is 3. The molecule has 0 spiro atoms. The van der Waals surface area contributed by atoms with Crippen molar-refractivity contribution in [3.63, 3.8) is 0 Å². The van der Waals surface area contributed by atoms with Gasteiger partial charge in [0.25, 0.3) is 0 Å². The number of carbonyl (C=O) groups is 1. The first-order chi connectivity index (χ1) is 10.9. The fourth-order valence-electron chi connectivity index (χ4n) is 2.92. The fourth-order valence-corrected chi connectivity index (χ4v) is 3.08. The predicted molar refractivity (Wildman–Crippen MR) is 90.2 cm³/mol. The van der Waals surface area contributed by atoms with Gasteiger partial charge >= 0.3 is 0 Å². The molecule has 1 amide bonds. The van der Waals surface area contributed by atoms with E-state index >= 15 is 0 Å². The average Bonchev–Trinajstić information content (AvgIpc) is 2.82. The van der Waals surface area contributed by atoms with Crippen molar-refractivity contribution in [2.75, 3.05) is 11.4 Å². The Kier molecular flexibility index (Phi) is 4.31. The van der Waals surface area contributed by atoms with Crippen LogP contribution in [-0.2, 0) is 18.3 Å². The number of nitrogens with zero attached hydrogens (tertiary/aromatic N) is 3. The summed E-state index contributed by atoms with van der Waals surface area (Å²) in [7, 11) is 1.89. The molecule has 23 heavy (non-hydrogen) atoms. The van der Waals surface area contributed by atoms with Gasteiger partial charge in [-0.25, -0.2) is 0 Å². The van der Waals surface area contributed by atoms with Gasteiger partial charge in [-0.15, -0.1) is 0 Å². The summed E-state index contributed by atoms with van der Waals surface area (Å²) >= 11 is 6.07. The second-order valence-corrected chi connectivity index (χ2v) is 6.39. The van der Waals surface area contributed by atoms with Gasteiger partial charge in [0.2, 0.25) is 5.91 Å². The van der Waals surface area contributed by atoms with Crippen LogP contribution < -0.4 is 9.64 Å². The van der Waals surface area contributed by atoms with Crippen LogP contribution in [-0.4, -0.2) is 28.3 Å². The highest BCUT2D eigenvalue weighted by Crippen LogP contribution is 2.36. The van der Waals surface area contributed by atoms with Crippen LogP contribution in [0.2, 0.25) is 5.02 Å². The van der Waals surface area contributed by atoms with E-state index in [-0.39, 0.29) is 12.0 Å². The Balaban J connectivity index is 1.77. The molecule has 2 heterocycles. The number of carbonyl (C=O) groups excluding carboxylic acids is 1. The van der Waals surface area contributed by atoms with Crippen molar-refractivity contribution in [1.82, 2.24) is 9.78 Å². The summed E-state index contributed by atoms with van der Waals surface area (Å²) in [6, 6.07) is 5.38. The Labute approximate surface area is 140 Å². The molecule has 1 aliphatic rings. The van der Waals surface area contributed by atoms with Gasteiger partial charge in [-0.2, -0.15) is 5.10 Å². The molecule has 0 bridgehead atoms. The number of benzene rings is 1. The summed E-state index contributed by atoms with van der Waals surface area (Å²) in [4.78, 5) is 14.5. The van der Waals surface area contributed by atoms with Crippen LogP contribution >= 0.6 is 11.6 Å². The topological polar surface area (TPSA) is 47.4 Å². The van der Waals surface area contributed by atoms with E-state index in [1.54, 1.807) is 21.7 Å². The first-order valence-corrected chi connectivity index (χ1v) is 8.07. The van der Waals surface area contributed by atoms with E-state index in [2.05, 4.69) is 5.10 Å². The predicted octanol–water partition coefficient (Wildman–Crippen LogP) is 3.13. The van der Waals surface area contributed by atoms with Crippen molar-refractivity contribution in [2.24, 2.45) is 7.05 Å². The van der Waals surface area contributed by atoms with Crippen LogP contribution in [0.5, 0.6) is 5.75 Å². The number of anilines is 1. The van der Waals surface area contributed by atoms with Gasteiger partial charge in [-0.05, 0) is 44.0 Å². The smallest absolute Gasteiger partial charge is 0.227 e. The maximum absolute atomic E-state index is 12.7. The highest BCUT2D eigenvalue weighted by atomic mass is 35.5. The second kappa shape index (κ2) is 6.24. The first-order valence-electron chi connectivity index (χ1n) is 7.69. The van der Waals surface area contributed by atoms with Gasteiger partial charge in [-0.1, -0.05) is 11.6 Å². The molecule has 6 heteroatoms. The molecular weight excluding hydrogens is 314 g/mol. The van der Waals surface area contributed by atoms with Crippen molar-refractivity contribution >= 4 is 23.2 Å². The molecular formula is C17H20ClN3O2. The molecule has 0 aliphatic carbocycles. The van der Waals surface area contributed by atoms with Gasteiger partial charge in [0.05, 0.1) is 17.9 Å². The van der Waals surface area contributed by atoms with E-state index in [4.69, 9.17) is 16.3 Å². The number of amides is 1. The van der Waals surface area contributed by atoms with Crippen molar-refractivity contribution in [3.05, 3.63) is 40.7 Å². The van der Waals surface area contributed by atoms with Crippen LogP contribution in [0.15, 0.2) is 24.4 Å². The lowest BCUT2D eigenvalue weighted by Gasteiger charge is -2.33. The number of fused-ring (bicyclic) bond motifs is 1. The highest BCUT2D eigenvalue weighted by Gasteiger charge is 2.27. The van der Waals surface area contributed by atoms with Crippen LogP contribution in [0.1, 0.15) is 24.6 Å². The molecule has 1 aliphatic heterocycles. The largest absolute Gasteiger partial charge is 0.487 e. The molecule has 122 valence electrons. The number of ether oxygens (including phenoxy) is 1. The van der Waals surface area contributed by atoms with Gasteiger partial charge in [0.15, 0.2) is 0 Å². The summed E-state index contributed by atoms with van der Waals surface area (Å²) in [5.74, 6) is 0.783. The maximum atomic E-state index is 12.7. The van der Waals surface area contributed by atoms with E-state index < -0.39 is 0 Å². The van der Waals surface area contributed by atoms with Crippen molar-refractivity contribution in [2.45, 2.75) is 32.8 Å². The zero-order valence-corrected chi connectivity index (χ0v) is 14.3. The Morgan fingerprint density at radius 3 is 2.96 bits per heavy atom. The molecule has 5 nitrogen and oxygen atoms in total. The quantitative estimate of drug-likeness (QED) is 0.867. The summed E-state index contributed by atoms with van der Waals surface area (Å²) < 4.78 is 7.57. The lowest BCUT2D eigenvalue weighted by molar-refractivity contribution is -0.119. The number of aromatic nitrogens is 2. The molecule has 0 N–H and O–H groups in total. The van der Waals surface area contributed by atoms with Gasteiger partial charge in [0.1, 0.15) is 11.9 Å². The third-order valence-corrected chi connectivity index (χ3v) is 4.24. The van der Waals surface area contributed by atoms with Crippen LogP contribution in [0.4, 0.5) is 5.69 Å². The van der Waals surface area contributed by atoms with E-state index in [0.717, 1.165) is 16.9 Å². The summed E-state index contributed by atoms with van der Waals surface area (Å²) in [5.41, 5.74) is 2.83. The molecule has 0 saturated heterocycles. The lowest BCUT2D eigenvalue weighted by atomic mass is 10.1. The summed E-state index contributed by atoms with van der Waals surface area (Å²) in [5, 5.41) is 4.92. The Morgan fingerprint density at radius 2 is 2.26 bits per heavy atom. The van der Waals surface area contributed by atoms with Gasteiger partial charge < -0.3 is 9.64 Å². The first kappa shape index (κ1) is 15.9. The number of aryl methyl sites for hydroxylation is 3. The number of hydrogen-bond donors (Lipinski definition) is 0. The minimum Gasteiger partial charge on any atom is -0.487 e. The molecule has 1 aromatic heterocycles. The lowest BCUT2D eigenvalue weighted by Crippen LogP contribution is -2.42. The summed E-state index contributed by atoms with van der Waals surface area (Å²) in [6.45, 7) is 4.47. The Hall–Kier alpha value is -2.01. The molecule has 3 rings (SSSR count). The average molecular weight is 334 g/mol. The fraction of sp³-hybridized carbons (Fsp3) is 0.412. The van der Waals surface area contributed by atoms with Crippen molar-refractivity contribution in [1.29, 1.82) is 0 Å². The maximum Gasteiger partial charge on any atom is 0.227 e. The zero-order valence-electron chi connectivity index (χ0n) is 13.5. The van der Waals surface area contributed by atoms with Crippen LogP contribution in [0.25, 0.3) is 0 Å². The van der Waals surface area contributed by atoms with Crippen LogP contribution in [0, 0.1) is 6.92 Å². The third-order valence-electron chi connectivity index (χ3n) is 4.00. The number of halogens is 1. The Morgan fingerprint density at radius 1 is 1.48 bits per heavy atom. The minimum atomic E-state index is -0.0345. The van der Waals surface area contributed by atoms with E-state index in [0.29, 0.717) is 30.2 Å². The SMILES string of the molecule is Cc1nn(C)cc1CCC(=O)N1C[C@H](C)Oc2ccc(Cl)cc21. The van der Waals surface area contributed by atoms with Crippen molar-refractivity contribution in [3.8, 4) is 5.75 Å². The number of rotatable bonds is 3. The monoisotopic (exact) mass is 333 g/mol. The van der Waals surface area contributed by atoms with E-state index in [9.17, 15) is 4.79 Å². The van der Waals surface area contributed by atoms with Crippen molar-refractivity contribution < 1.29 is 9.53 Å². The summed E-state index contributed by atoms with van der Waals surface area (Å²) in [6.07, 6.45) is 3.05. The molecule has 0 unspecified atom stereocenters. The van der Waals surface area contributed by atoms with Gasteiger partial charge in [-0.3, -0.25) is 9.48 Å². The van der Waals surface area contributed by atoms with Crippen LogP contribution in [0.3, 0.4) is 0 Å². The second-order valence-electron chi connectivity index (χ2n) is 5.96.